The SMILES string of the molecule is CN1CCN(C(C)(CN)CCc2ccccc2)CC1. The van der Waals surface area contributed by atoms with E-state index in [9.17, 15) is 0 Å². The fraction of sp³-hybridized carbons (Fsp3) is 0.625. The van der Waals surface area contributed by atoms with Crippen LogP contribution in [0.5, 0.6) is 0 Å². The first-order valence-electron chi connectivity index (χ1n) is 7.32. The molecule has 1 fully saturated rings. The first-order chi connectivity index (χ1) is 9.14. The largest absolute Gasteiger partial charge is 0.329 e. The molecule has 1 unspecified atom stereocenters. The molecule has 1 aromatic carbocycles. The molecule has 1 saturated heterocycles. The average molecular weight is 261 g/mol. The summed E-state index contributed by atoms with van der Waals surface area (Å²) in [5.74, 6) is 0. The lowest BCUT2D eigenvalue weighted by molar-refractivity contribution is 0.0505. The molecule has 0 bridgehead atoms. The van der Waals surface area contributed by atoms with Gasteiger partial charge in [0.15, 0.2) is 0 Å². The third kappa shape index (κ3) is 3.78. The van der Waals surface area contributed by atoms with Gasteiger partial charge in [0.25, 0.3) is 0 Å². The summed E-state index contributed by atoms with van der Waals surface area (Å²) in [4.78, 5) is 4.97. The Balaban J connectivity index is 1.94. The van der Waals surface area contributed by atoms with Crippen molar-refractivity contribution in [2.24, 2.45) is 5.73 Å². The summed E-state index contributed by atoms with van der Waals surface area (Å²) >= 11 is 0. The highest BCUT2D eigenvalue weighted by Crippen LogP contribution is 2.22. The highest BCUT2D eigenvalue weighted by Gasteiger charge is 2.31. The minimum absolute atomic E-state index is 0.136. The van der Waals surface area contributed by atoms with Gasteiger partial charge >= 0.3 is 0 Å². The molecular formula is C16H27N3. The van der Waals surface area contributed by atoms with E-state index in [2.05, 4.69) is 54.1 Å². The Bertz CT molecular complexity index is 371. The fourth-order valence-corrected chi connectivity index (χ4v) is 2.79. The maximum atomic E-state index is 6.08. The van der Waals surface area contributed by atoms with Crippen LogP contribution < -0.4 is 5.73 Å². The number of benzene rings is 1. The van der Waals surface area contributed by atoms with Crippen molar-refractivity contribution < 1.29 is 0 Å². The van der Waals surface area contributed by atoms with Crippen LogP contribution in [0, 0.1) is 0 Å². The van der Waals surface area contributed by atoms with Gasteiger partial charge in [-0.15, -0.1) is 0 Å². The Morgan fingerprint density at radius 2 is 1.74 bits per heavy atom. The molecule has 1 aliphatic rings. The Morgan fingerprint density at radius 3 is 2.32 bits per heavy atom. The molecule has 0 saturated carbocycles. The molecule has 0 aromatic heterocycles. The quantitative estimate of drug-likeness (QED) is 0.873. The van der Waals surface area contributed by atoms with Crippen molar-refractivity contribution in [3.63, 3.8) is 0 Å². The van der Waals surface area contributed by atoms with E-state index in [0.717, 1.165) is 45.6 Å². The first-order valence-corrected chi connectivity index (χ1v) is 7.32. The van der Waals surface area contributed by atoms with Crippen LogP contribution in [-0.4, -0.2) is 55.1 Å². The molecule has 19 heavy (non-hydrogen) atoms. The van der Waals surface area contributed by atoms with Crippen molar-refractivity contribution >= 4 is 0 Å². The fourth-order valence-electron chi connectivity index (χ4n) is 2.79. The van der Waals surface area contributed by atoms with Gasteiger partial charge < -0.3 is 10.6 Å². The number of rotatable bonds is 5. The predicted molar refractivity (Wildman–Crippen MR) is 81.3 cm³/mol. The Hall–Kier alpha value is -0.900. The summed E-state index contributed by atoms with van der Waals surface area (Å²) in [5, 5.41) is 0. The lowest BCUT2D eigenvalue weighted by Gasteiger charge is -2.45. The van der Waals surface area contributed by atoms with Gasteiger partial charge in [0.1, 0.15) is 0 Å². The second-order valence-electron chi connectivity index (χ2n) is 5.98. The Labute approximate surface area is 117 Å². The van der Waals surface area contributed by atoms with Crippen LogP contribution in [-0.2, 0) is 6.42 Å². The summed E-state index contributed by atoms with van der Waals surface area (Å²) in [6.07, 6.45) is 2.25. The molecule has 0 amide bonds. The van der Waals surface area contributed by atoms with Gasteiger partial charge in [-0.05, 0) is 32.4 Å². The van der Waals surface area contributed by atoms with Gasteiger partial charge in [-0.2, -0.15) is 0 Å². The summed E-state index contributed by atoms with van der Waals surface area (Å²) in [6, 6.07) is 10.7. The van der Waals surface area contributed by atoms with E-state index in [0.29, 0.717) is 0 Å². The zero-order chi connectivity index (χ0) is 13.7. The highest BCUT2D eigenvalue weighted by atomic mass is 15.3. The van der Waals surface area contributed by atoms with Gasteiger partial charge in [-0.1, -0.05) is 30.3 Å². The van der Waals surface area contributed by atoms with Crippen molar-refractivity contribution in [1.82, 2.24) is 9.80 Å². The third-order valence-corrected chi connectivity index (χ3v) is 4.50. The minimum atomic E-state index is 0.136. The Kier molecular flexibility index (Phi) is 4.97. The molecule has 1 aromatic rings. The van der Waals surface area contributed by atoms with Crippen molar-refractivity contribution in [3.05, 3.63) is 35.9 Å². The maximum absolute atomic E-state index is 6.08. The Morgan fingerprint density at radius 1 is 1.11 bits per heavy atom. The van der Waals surface area contributed by atoms with Gasteiger partial charge in [0, 0.05) is 38.3 Å². The second kappa shape index (κ2) is 6.51. The number of hydrogen-bond acceptors (Lipinski definition) is 3. The van der Waals surface area contributed by atoms with Gasteiger partial charge in [0.05, 0.1) is 0 Å². The van der Waals surface area contributed by atoms with Crippen LogP contribution in [0.2, 0.25) is 0 Å². The molecule has 3 heteroatoms. The number of nitrogens with two attached hydrogens (primary N) is 1. The first kappa shape index (κ1) is 14.5. The van der Waals surface area contributed by atoms with Gasteiger partial charge in [0.2, 0.25) is 0 Å². The zero-order valence-electron chi connectivity index (χ0n) is 12.3. The number of nitrogens with zero attached hydrogens (tertiary/aromatic N) is 2. The molecule has 0 aliphatic carbocycles. The third-order valence-electron chi connectivity index (χ3n) is 4.50. The lowest BCUT2D eigenvalue weighted by Crippen LogP contribution is -2.58. The van der Waals surface area contributed by atoms with Crippen molar-refractivity contribution in [3.8, 4) is 0 Å². The van der Waals surface area contributed by atoms with Crippen molar-refractivity contribution in [1.29, 1.82) is 0 Å². The molecule has 0 spiro atoms. The van der Waals surface area contributed by atoms with Crippen LogP contribution in [0.25, 0.3) is 0 Å². The smallest absolute Gasteiger partial charge is 0.0307 e. The molecule has 1 heterocycles. The van der Waals surface area contributed by atoms with Crippen molar-refractivity contribution in [2.75, 3.05) is 39.8 Å². The van der Waals surface area contributed by atoms with E-state index in [1.165, 1.54) is 5.56 Å². The van der Waals surface area contributed by atoms with E-state index < -0.39 is 0 Å². The predicted octanol–water partition coefficient (Wildman–Crippen LogP) is 1.58. The summed E-state index contributed by atoms with van der Waals surface area (Å²) in [5.41, 5.74) is 7.63. The number of likely N-dealkylation sites (N-methyl/N-ethyl adjacent to an activating group) is 1. The molecular weight excluding hydrogens is 234 g/mol. The average Bonchev–Trinajstić information content (AvgIpc) is 2.46. The molecule has 2 N–H and O–H groups in total. The van der Waals surface area contributed by atoms with Crippen LogP contribution >= 0.6 is 0 Å². The van der Waals surface area contributed by atoms with Crippen LogP contribution in [0.4, 0.5) is 0 Å². The highest BCUT2D eigenvalue weighted by molar-refractivity contribution is 5.15. The van der Waals surface area contributed by atoms with Crippen LogP contribution in [0.15, 0.2) is 30.3 Å². The maximum Gasteiger partial charge on any atom is 0.0307 e. The number of hydrogen-bond donors (Lipinski definition) is 1. The van der Waals surface area contributed by atoms with Gasteiger partial charge in [-0.3, -0.25) is 4.90 Å². The van der Waals surface area contributed by atoms with E-state index in [1.807, 2.05) is 0 Å². The number of aryl methyl sites for hydroxylation is 1. The van der Waals surface area contributed by atoms with E-state index in [1.54, 1.807) is 0 Å². The zero-order valence-corrected chi connectivity index (χ0v) is 12.3. The minimum Gasteiger partial charge on any atom is -0.329 e. The van der Waals surface area contributed by atoms with E-state index >= 15 is 0 Å². The topological polar surface area (TPSA) is 32.5 Å². The molecule has 1 atom stereocenters. The van der Waals surface area contributed by atoms with E-state index in [-0.39, 0.29) is 5.54 Å². The molecule has 0 radical (unpaired) electrons. The molecule has 3 nitrogen and oxygen atoms in total. The lowest BCUT2D eigenvalue weighted by atomic mass is 9.90. The summed E-state index contributed by atoms with van der Waals surface area (Å²) in [7, 11) is 2.20. The summed E-state index contributed by atoms with van der Waals surface area (Å²) < 4.78 is 0. The summed E-state index contributed by atoms with van der Waals surface area (Å²) in [6.45, 7) is 7.64. The van der Waals surface area contributed by atoms with Crippen molar-refractivity contribution in [2.45, 2.75) is 25.3 Å². The number of piperazine rings is 1. The normalized spacial score (nSPS) is 21.2. The molecule has 106 valence electrons. The van der Waals surface area contributed by atoms with Crippen LogP contribution in [0.1, 0.15) is 18.9 Å². The van der Waals surface area contributed by atoms with Crippen LogP contribution in [0.3, 0.4) is 0 Å². The van der Waals surface area contributed by atoms with Gasteiger partial charge in [-0.25, -0.2) is 0 Å². The molecule has 2 rings (SSSR count). The van der Waals surface area contributed by atoms with E-state index in [4.69, 9.17) is 5.73 Å². The standard InChI is InChI=1S/C16H27N3/c1-16(14-17,19-12-10-18(2)11-13-19)9-8-15-6-4-3-5-7-15/h3-7H,8-14,17H2,1-2H3. The molecule has 1 aliphatic heterocycles. The second-order valence-corrected chi connectivity index (χ2v) is 5.98. The monoisotopic (exact) mass is 261 g/mol.